The van der Waals surface area contributed by atoms with Crippen LogP contribution < -0.4 is 0 Å². The van der Waals surface area contributed by atoms with Gasteiger partial charge in [0, 0.05) is 29.6 Å². The molecule has 0 aliphatic rings. The van der Waals surface area contributed by atoms with Crippen molar-refractivity contribution in [2.45, 2.75) is 6.92 Å². The number of hydrogen-bond acceptors (Lipinski definition) is 4. The Balaban J connectivity index is 2.02. The summed E-state index contributed by atoms with van der Waals surface area (Å²) in [4.78, 5) is 21.6. The number of nitrogens with zero attached hydrogens (tertiary/aromatic N) is 2. The van der Waals surface area contributed by atoms with Crippen molar-refractivity contribution in [1.82, 2.24) is 4.98 Å². The Morgan fingerprint density at radius 1 is 1.35 bits per heavy atom. The van der Waals surface area contributed by atoms with Gasteiger partial charge < -0.3 is 0 Å². The second-order valence-corrected chi connectivity index (χ2v) is 6.25. The topological polar surface area (TPSA) is 42.3 Å². The number of pyridine rings is 1. The van der Waals surface area contributed by atoms with E-state index in [-0.39, 0.29) is 11.7 Å². The molecule has 2 aromatic rings. The quantitative estimate of drug-likeness (QED) is 0.422. The van der Waals surface area contributed by atoms with Crippen LogP contribution in [0.25, 0.3) is 6.08 Å². The van der Waals surface area contributed by atoms with E-state index in [0.29, 0.717) is 10.7 Å². The second kappa shape index (κ2) is 8.56. The number of allylic oxidation sites excluding steroid dienone is 3. The summed E-state index contributed by atoms with van der Waals surface area (Å²) < 4.78 is 0. The smallest absolute Gasteiger partial charge is 0.170 e. The van der Waals surface area contributed by atoms with Gasteiger partial charge in [-0.3, -0.25) is 9.79 Å². The molecule has 0 aliphatic heterocycles. The van der Waals surface area contributed by atoms with E-state index in [1.807, 2.05) is 48.7 Å². The maximum absolute atomic E-state index is 12.3. The molecule has 2 rings (SSSR count). The minimum atomic E-state index is -0.259. The molecular weight excluding hydrogens is 328 g/mol. The minimum Gasteiger partial charge on any atom is -0.293 e. The average molecular weight is 345 g/mol. The Morgan fingerprint density at radius 2 is 2.17 bits per heavy atom. The Hall–Kier alpha value is -2.04. The number of aromatic nitrogens is 1. The van der Waals surface area contributed by atoms with Crippen molar-refractivity contribution in [1.29, 1.82) is 0 Å². The SMILES string of the molecule is CN=C(C=Cc1cccs1)C=CC(C)C(=O)c1ccc(Cl)nc1. The van der Waals surface area contributed by atoms with Gasteiger partial charge in [-0.2, -0.15) is 0 Å². The molecule has 0 N–H and O–H groups in total. The van der Waals surface area contributed by atoms with E-state index >= 15 is 0 Å². The first-order chi connectivity index (χ1) is 11.1. The van der Waals surface area contributed by atoms with Gasteiger partial charge >= 0.3 is 0 Å². The van der Waals surface area contributed by atoms with E-state index in [0.717, 1.165) is 10.6 Å². The largest absolute Gasteiger partial charge is 0.293 e. The summed E-state index contributed by atoms with van der Waals surface area (Å²) in [5.41, 5.74) is 1.36. The fraction of sp³-hybridized carbons (Fsp3) is 0.167. The molecule has 0 saturated carbocycles. The molecule has 0 radical (unpaired) electrons. The fourth-order valence-electron chi connectivity index (χ4n) is 1.87. The highest BCUT2D eigenvalue weighted by molar-refractivity contribution is 7.10. The molecule has 1 atom stereocenters. The number of Topliss-reactive ketones (excluding diaryl/α,β-unsaturated/α-hetero) is 1. The number of halogens is 1. The van der Waals surface area contributed by atoms with Crippen molar-refractivity contribution in [2.24, 2.45) is 10.9 Å². The van der Waals surface area contributed by atoms with Crippen LogP contribution in [-0.4, -0.2) is 23.5 Å². The molecule has 23 heavy (non-hydrogen) atoms. The molecule has 0 fully saturated rings. The number of carbonyl (C=O) groups is 1. The highest BCUT2D eigenvalue weighted by Crippen LogP contribution is 2.13. The van der Waals surface area contributed by atoms with E-state index in [1.165, 1.54) is 6.20 Å². The second-order valence-electron chi connectivity index (χ2n) is 4.88. The molecule has 5 heteroatoms. The Kier molecular flexibility index (Phi) is 6.44. The van der Waals surface area contributed by atoms with E-state index in [1.54, 1.807) is 30.5 Å². The average Bonchev–Trinajstić information content (AvgIpc) is 3.08. The molecule has 2 aromatic heterocycles. The first-order valence-corrected chi connectivity index (χ1v) is 8.38. The van der Waals surface area contributed by atoms with Gasteiger partial charge in [-0.25, -0.2) is 4.98 Å². The van der Waals surface area contributed by atoms with Crippen LogP contribution in [0, 0.1) is 5.92 Å². The first kappa shape index (κ1) is 17.3. The molecule has 0 saturated heterocycles. The van der Waals surface area contributed by atoms with Crippen LogP contribution in [0.3, 0.4) is 0 Å². The zero-order valence-electron chi connectivity index (χ0n) is 12.9. The molecular formula is C18H17ClN2OS. The third kappa shape index (κ3) is 5.27. The van der Waals surface area contributed by atoms with Gasteiger partial charge in [0.1, 0.15) is 5.15 Å². The highest BCUT2D eigenvalue weighted by Gasteiger charge is 2.12. The molecule has 2 heterocycles. The number of aliphatic imine (C=N–C) groups is 1. The third-order valence-electron chi connectivity index (χ3n) is 3.20. The van der Waals surface area contributed by atoms with E-state index in [4.69, 9.17) is 11.6 Å². The van der Waals surface area contributed by atoms with Crippen molar-refractivity contribution >= 4 is 40.5 Å². The van der Waals surface area contributed by atoms with E-state index < -0.39 is 0 Å². The van der Waals surface area contributed by atoms with Crippen LogP contribution in [0.2, 0.25) is 5.15 Å². The van der Waals surface area contributed by atoms with Crippen LogP contribution in [0.5, 0.6) is 0 Å². The van der Waals surface area contributed by atoms with Gasteiger partial charge in [0.05, 0.1) is 5.71 Å². The number of hydrogen-bond donors (Lipinski definition) is 0. The Morgan fingerprint density at radius 3 is 2.78 bits per heavy atom. The minimum absolute atomic E-state index is 0.00288. The zero-order chi connectivity index (χ0) is 16.7. The van der Waals surface area contributed by atoms with Crippen molar-refractivity contribution in [3.8, 4) is 0 Å². The molecule has 118 valence electrons. The highest BCUT2D eigenvalue weighted by atomic mass is 35.5. The van der Waals surface area contributed by atoms with Crippen LogP contribution in [0.4, 0.5) is 0 Å². The van der Waals surface area contributed by atoms with Gasteiger partial charge in [0.25, 0.3) is 0 Å². The number of carbonyl (C=O) groups excluding carboxylic acids is 1. The summed E-state index contributed by atoms with van der Waals surface area (Å²) in [5.74, 6) is -0.257. The number of ketones is 1. The van der Waals surface area contributed by atoms with Gasteiger partial charge in [-0.15, -0.1) is 11.3 Å². The summed E-state index contributed by atoms with van der Waals surface area (Å²) in [7, 11) is 1.73. The van der Waals surface area contributed by atoms with Crippen LogP contribution >= 0.6 is 22.9 Å². The summed E-state index contributed by atoms with van der Waals surface area (Å²) >= 11 is 7.40. The van der Waals surface area contributed by atoms with Gasteiger partial charge in [-0.05, 0) is 41.8 Å². The summed E-state index contributed by atoms with van der Waals surface area (Å²) in [6, 6.07) is 7.35. The maximum atomic E-state index is 12.3. The predicted molar refractivity (Wildman–Crippen MR) is 98.6 cm³/mol. The van der Waals surface area contributed by atoms with Crippen LogP contribution in [-0.2, 0) is 0 Å². The van der Waals surface area contributed by atoms with Gasteiger partial charge in [0.15, 0.2) is 5.78 Å². The summed E-state index contributed by atoms with van der Waals surface area (Å²) in [5, 5.41) is 2.41. The normalized spacial score (nSPS) is 13.8. The zero-order valence-corrected chi connectivity index (χ0v) is 14.5. The van der Waals surface area contributed by atoms with Crippen molar-refractivity contribution in [3.05, 3.63) is 69.7 Å². The van der Waals surface area contributed by atoms with E-state index in [9.17, 15) is 4.79 Å². The van der Waals surface area contributed by atoms with Gasteiger partial charge in [-0.1, -0.05) is 30.7 Å². The number of rotatable bonds is 6. The van der Waals surface area contributed by atoms with E-state index in [2.05, 4.69) is 9.98 Å². The summed E-state index contributed by atoms with van der Waals surface area (Å²) in [6.07, 6.45) is 9.14. The molecule has 0 aromatic carbocycles. The molecule has 0 bridgehead atoms. The molecule has 0 spiro atoms. The lowest BCUT2D eigenvalue weighted by molar-refractivity contribution is 0.0953. The molecule has 0 amide bonds. The lowest BCUT2D eigenvalue weighted by Gasteiger charge is -2.05. The van der Waals surface area contributed by atoms with Crippen molar-refractivity contribution < 1.29 is 4.79 Å². The van der Waals surface area contributed by atoms with Crippen LogP contribution in [0.15, 0.2) is 59.1 Å². The molecule has 1 unspecified atom stereocenters. The molecule has 3 nitrogen and oxygen atoms in total. The maximum Gasteiger partial charge on any atom is 0.170 e. The Labute approximate surface area is 145 Å². The monoisotopic (exact) mass is 344 g/mol. The first-order valence-electron chi connectivity index (χ1n) is 7.12. The summed E-state index contributed by atoms with van der Waals surface area (Å²) in [6.45, 7) is 1.85. The fourth-order valence-corrected chi connectivity index (χ4v) is 2.60. The predicted octanol–water partition coefficient (Wildman–Crippen LogP) is 4.96. The van der Waals surface area contributed by atoms with Crippen molar-refractivity contribution in [3.63, 3.8) is 0 Å². The number of thiophene rings is 1. The Bertz CT molecular complexity index is 731. The van der Waals surface area contributed by atoms with Crippen LogP contribution in [0.1, 0.15) is 22.2 Å². The lowest BCUT2D eigenvalue weighted by Crippen LogP contribution is -2.09. The lowest BCUT2D eigenvalue weighted by atomic mass is 10.00. The molecule has 0 aliphatic carbocycles. The van der Waals surface area contributed by atoms with Crippen molar-refractivity contribution in [2.75, 3.05) is 7.05 Å². The van der Waals surface area contributed by atoms with Gasteiger partial charge in [0.2, 0.25) is 0 Å². The third-order valence-corrected chi connectivity index (χ3v) is 4.26. The standard InChI is InChI=1S/C18H17ClN2OS/c1-13(18(22)14-6-10-17(19)21-12-14)5-7-15(20-2)8-9-16-4-3-11-23-16/h3-13H,1-2H3.